The van der Waals surface area contributed by atoms with E-state index in [1.165, 1.54) is 0 Å². The van der Waals surface area contributed by atoms with Crippen LogP contribution < -0.4 is 10.6 Å². The predicted molar refractivity (Wildman–Crippen MR) is 121 cm³/mol. The van der Waals surface area contributed by atoms with E-state index in [4.69, 9.17) is 9.15 Å². The number of rotatable bonds is 8. The van der Waals surface area contributed by atoms with Gasteiger partial charge in [-0.1, -0.05) is 50.2 Å². The molecule has 1 aromatic heterocycles. The maximum Gasteiger partial charge on any atom is 0.408 e. The van der Waals surface area contributed by atoms with Gasteiger partial charge in [0.2, 0.25) is 11.8 Å². The smallest absolute Gasteiger partial charge is 0.408 e. The van der Waals surface area contributed by atoms with Gasteiger partial charge in [-0.2, -0.15) is 0 Å². The standard InChI is InChI=1S/C22H32N4O4S/c1-8-13(2)18(24-20(28)30-22(5,6)7)19-25-26-21(29-19)31-12-16(27)23-17-14(3)10-9-11-15(17)4/h9-11,13,18H,8,12H2,1-7H3,(H,23,27)(H,24,28)/t13-,18+/m1/s1. The molecule has 0 aliphatic rings. The molecule has 0 unspecified atom stereocenters. The number of nitrogens with one attached hydrogen (secondary N) is 2. The molecule has 0 fully saturated rings. The molecular weight excluding hydrogens is 416 g/mol. The summed E-state index contributed by atoms with van der Waals surface area (Å²) in [5, 5.41) is 14.1. The van der Waals surface area contributed by atoms with Crippen LogP contribution in [0, 0.1) is 19.8 Å². The second-order valence-electron chi connectivity index (χ2n) is 8.52. The summed E-state index contributed by atoms with van der Waals surface area (Å²) in [4.78, 5) is 24.6. The molecule has 9 heteroatoms. The lowest BCUT2D eigenvalue weighted by Gasteiger charge is -2.24. The van der Waals surface area contributed by atoms with Crippen LogP contribution in [0.5, 0.6) is 0 Å². The lowest BCUT2D eigenvalue weighted by atomic mass is 9.99. The van der Waals surface area contributed by atoms with E-state index < -0.39 is 17.7 Å². The van der Waals surface area contributed by atoms with Gasteiger partial charge in [0.1, 0.15) is 11.6 Å². The Morgan fingerprint density at radius 1 is 1.19 bits per heavy atom. The number of nitrogens with zero attached hydrogens (tertiary/aromatic N) is 2. The van der Waals surface area contributed by atoms with Crippen molar-refractivity contribution in [3.8, 4) is 0 Å². The Balaban J connectivity index is 2.01. The summed E-state index contributed by atoms with van der Waals surface area (Å²) in [6.45, 7) is 13.3. The van der Waals surface area contributed by atoms with Crippen LogP contribution in [0.2, 0.25) is 0 Å². The van der Waals surface area contributed by atoms with Gasteiger partial charge >= 0.3 is 6.09 Å². The summed E-state index contributed by atoms with van der Waals surface area (Å²) >= 11 is 1.15. The van der Waals surface area contributed by atoms with Crippen molar-refractivity contribution in [1.29, 1.82) is 0 Å². The van der Waals surface area contributed by atoms with E-state index in [9.17, 15) is 9.59 Å². The molecule has 1 heterocycles. The minimum atomic E-state index is -0.608. The number of ether oxygens (including phenoxy) is 1. The van der Waals surface area contributed by atoms with E-state index in [1.54, 1.807) is 20.8 Å². The fourth-order valence-electron chi connectivity index (χ4n) is 2.84. The van der Waals surface area contributed by atoms with Crippen molar-refractivity contribution in [2.75, 3.05) is 11.1 Å². The third-order valence-corrected chi connectivity index (χ3v) is 5.46. The summed E-state index contributed by atoms with van der Waals surface area (Å²) < 4.78 is 11.1. The first kappa shape index (κ1) is 24.7. The number of thioether (sulfide) groups is 1. The highest BCUT2D eigenvalue weighted by molar-refractivity contribution is 7.99. The number of para-hydroxylation sites is 1. The number of aryl methyl sites for hydroxylation is 2. The monoisotopic (exact) mass is 448 g/mol. The molecule has 0 aliphatic heterocycles. The van der Waals surface area contributed by atoms with E-state index in [2.05, 4.69) is 20.8 Å². The number of anilines is 1. The lowest BCUT2D eigenvalue weighted by Crippen LogP contribution is -2.37. The second kappa shape index (κ2) is 10.7. The number of carbonyl (C=O) groups is 2. The topological polar surface area (TPSA) is 106 Å². The van der Waals surface area contributed by atoms with E-state index >= 15 is 0 Å². The highest BCUT2D eigenvalue weighted by atomic mass is 32.2. The minimum absolute atomic E-state index is 0.0538. The minimum Gasteiger partial charge on any atom is -0.444 e. The molecule has 31 heavy (non-hydrogen) atoms. The molecule has 8 nitrogen and oxygen atoms in total. The molecule has 2 amide bonds. The van der Waals surface area contributed by atoms with Crippen LogP contribution in [0.25, 0.3) is 0 Å². The summed E-state index contributed by atoms with van der Waals surface area (Å²) in [6.07, 6.45) is 0.252. The zero-order chi connectivity index (χ0) is 23.2. The third kappa shape index (κ3) is 7.57. The van der Waals surface area contributed by atoms with Crippen LogP contribution >= 0.6 is 11.8 Å². The van der Waals surface area contributed by atoms with Gasteiger partial charge in [-0.25, -0.2) is 4.79 Å². The first-order valence-corrected chi connectivity index (χ1v) is 11.3. The van der Waals surface area contributed by atoms with Gasteiger partial charge < -0.3 is 19.8 Å². The maximum absolute atomic E-state index is 12.4. The Kier molecular flexibility index (Phi) is 8.50. The van der Waals surface area contributed by atoms with Crippen LogP contribution in [0.1, 0.15) is 64.1 Å². The average Bonchev–Trinajstić information content (AvgIpc) is 3.14. The van der Waals surface area contributed by atoms with Crippen molar-refractivity contribution in [2.45, 2.75) is 71.8 Å². The van der Waals surface area contributed by atoms with Crippen molar-refractivity contribution in [3.05, 3.63) is 35.2 Å². The molecule has 0 radical (unpaired) electrons. The Hall–Kier alpha value is -2.55. The fraction of sp³-hybridized carbons (Fsp3) is 0.545. The van der Waals surface area contributed by atoms with Gasteiger partial charge in [0.15, 0.2) is 0 Å². The van der Waals surface area contributed by atoms with Gasteiger partial charge in [-0.15, -0.1) is 10.2 Å². The van der Waals surface area contributed by atoms with Crippen molar-refractivity contribution in [3.63, 3.8) is 0 Å². The Morgan fingerprint density at radius 2 is 1.84 bits per heavy atom. The van der Waals surface area contributed by atoms with Crippen molar-refractivity contribution >= 4 is 29.4 Å². The average molecular weight is 449 g/mol. The van der Waals surface area contributed by atoms with Crippen molar-refractivity contribution < 1.29 is 18.7 Å². The number of hydrogen-bond donors (Lipinski definition) is 2. The van der Waals surface area contributed by atoms with Crippen LogP contribution in [0.3, 0.4) is 0 Å². The van der Waals surface area contributed by atoms with E-state index in [0.717, 1.165) is 35.0 Å². The van der Waals surface area contributed by atoms with E-state index in [0.29, 0.717) is 0 Å². The van der Waals surface area contributed by atoms with Crippen LogP contribution in [0.15, 0.2) is 27.8 Å². The van der Waals surface area contributed by atoms with E-state index in [1.807, 2.05) is 45.9 Å². The fourth-order valence-corrected chi connectivity index (χ4v) is 3.41. The van der Waals surface area contributed by atoms with Gasteiger partial charge in [0.05, 0.1) is 5.75 Å². The van der Waals surface area contributed by atoms with Crippen LogP contribution in [-0.4, -0.2) is 33.6 Å². The first-order chi connectivity index (χ1) is 14.5. The molecular formula is C22H32N4O4S. The number of benzene rings is 1. The maximum atomic E-state index is 12.4. The quantitative estimate of drug-likeness (QED) is 0.546. The molecule has 0 aliphatic carbocycles. The van der Waals surface area contributed by atoms with Gasteiger partial charge in [0, 0.05) is 5.69 Å². The SMILES string of the molecule is CC[C@@H](C)[C@H](NC(=O)OC(C)(C)C)c1nnc(SCC(=O)Nc2c(C)cccc2C)o1. The molecule has 2 rings (SSSR count). The number of amides is 2. The van der Waals surface area contributed by atoms with Crippen LogP contribution in [-0.2, 0) is 9.53 Å². The van der Waals surface area contributed by atoms with Gasteiger partial charge in [-0.3, -0.25) is 4.79 Å². The van der Waals surface area contributed by atoms with Crippen molar-refractivity contribution in [1.82, 2.24) is 15.5 Å². The number of alkyl carbamates (subject to hydrolysis) is 1. The van der Waals surface area contributed by atoms with E-state index in [-0.39, 0.29) is 28.7 Å². The molecule has 2 atom stereocenters. The summed E-state index contributed by atoms with van der Waals surface area (Å²) in [6, 6.07) is 5.37. The zero-order valence-corrected chi connectivity index (χ0v) is 20.1. The summed E-state index contributed by atoms with van der Waals surface area (Å²) in [5.74, 6) is 0.312. The number of carbonyl (C=O) groups excluding carboxylic acids is 2. The lowest BCUT2D eigenvalue weighted by molar-refractivity contribution is -0.113. The summed E-state index contributed by atoms with van der Waals surface area (Å²) in [7, 11) is 0. The Labute approximate surface area is 187 Å². The number of aromatic nitrogens is 2. The molecule has 1 aromatic carbocycles. The molecule has 0 spiro atoms. The number of hydrogen-bond acceptors (Lipinski definition) is 7. The largest absolute Gasteiger partial charge is 0.444 e. The Bertz CT molecular complexity index is 887. The zero-order valence-electron chi connectivity index (χ0n) is 19.2. The predicted octanol–water partition coefficient (Wildman–Crippen LogP) is 5.03. The van der Waals surface area contributed by atoms with Crippen molar-refractivity contribution in [2.24, 2.45) is 5.92 Å². The molecule has 0 saturated heterocycles. The van der Waals surface area contributed by atoms with Gasteiger partial charge in [0.25, 0.3) is 5.22 Å². The summed E-state index contributed by atoms with van der Waals surface area (Å²) in [5.41, 5.74) is 2.21. The molecule has 0 saturated carbocycles. The van der Waals surface area contributed by atoms with Gasteiger partial charge in [-0.05, 0) is 51.7 Å². The van der Waals surface area contributed by atoms with Crippen LogP contribution in [0.4, 0.5) is 10.5 Å². The third-order valence-electron chi connectivity index (χ3n) is 4.65. The normalized spacial score (nSPS) is 13.4. The molecule has 2 N–H and O–H groups in total. The second-order valence-corrected chi connectivity index (χ2v) is 9.45. The highest BCUT2D eigenvalue weighted by Gasteiger charge is 2.28. The first-order valence-electron chi connectivity index (χ1n) is 10.3. The molecule has 170 valence electrons. The molecule has 2 aromatic rings. The highest BCUT2D eigenvalue weighted by Crippen LogP contribution is 2.27. The Morgan fingerprint density at radius 3 is 2.42 bits per heavy atom. The molecule has 0 bridgehead atoms.